The standard InChI is InChI=1S/C23H23N7O/c1-15-12-21(16(2)29(15)14-19-7-3-4-11-24-19)23(31)25-18-8-5-6-17(13-18)22-26-27-28-30(22)20-9-10-20/h3-8,11-13,20H,9-10,14H2,1-2H3,(H,25,31). The van der Waals surface area contributed by atoms with Crippen LogP contribution in [0.4, 0.5) is 5.69 Å². The van der Waals surface area contributed by atoms with E-state index in [2.05, 4.69) is 30.4 Å². The van der Waals surface area contributed by atoms with E-state index in [9.17, 15) is 4.79 Å². The van der Waals surface area contributed by atoms with Gasteiger partial charge in [-0.05, 0) is 67.4 Å². The van der Waals surface area contributed by atoms with Gasteiger partial charge in [0.05, 0.1) is 23.8 Å². The molecule has 8 heteroatoms. The molecule has 1 aliphatic rings. The molecule has 1 fully saturated rings. The number of aryl methyl sites for hydroxylation is 1. The number of carbonyl (C=O) groups excluding carboxylic acids is 1. The Morgan fingerprint density at radius 1 is 1.13 bits per heavy atom. The van der Waals surface area contributed by atoms with Gasteiger partial charge in [-0.2, -0.15) is 0 Å². The van der Waals surface area contributed by atoms with Gasteiger partial charge in [-0.25, -0.2) is 4.68 Å². The van der Waals surface area contributed by atoms with Crippen LogP contribution in [0.1, 0.15) is 46.3 Å². The third-order valence-electron chi connectivity index (χ3n) is 5.63. The Morgan fingerprint density at radius 2 is 2.00 bits per heavy atom. The number of rotatable bonds is 6. The van der Waals surface area contributed by atoms with Gasteiger partial charge >= 0.3 is 0 Å². The van der Waals surface area contributed by atoms with Gasteiger partial charge in [0.25, 0.3) is 5.91 Å². The summed E-state index contributed by atoms with van der Waals surface area (Å²) >= 11 is 0. The Morgan fingerprint density at radius 3 is 2.77 bits per heavy atom. The summed E-state index contributed by atoms with van der Waals surface area (Å²) in [6.07, 6.45) is 3.98. The van der Waals surface area contributed by atoms with Crippen LogP contribution >= 0.6 is 0 Å². The van der Waals surface area contributed by atoms with Crippen LogP contribution in [0.5, 0.6) is 0 Å². The summed E-state index contributed by atoms with van der Waals surface area (Å²) in [5.41, 5.74) is 5.14. The molecule has 3 heterocycles. The number of nitrogens with zero attached hydrogens (tertiary/aromatic N) is 6. The molecular weight excluding hydrogens is 390 g/mol. The lowest BCUT2D eigenvalue weighted by Gasteiger charge is -2.10. The molecule has 31 heavy (non-hydrogen) atoms. The fraction of sp³-hybridized carbons (Fsp3) is 0.261. The average molecular weight is 413 g/mol. The average Bonchev–Trinajstić information content (AvgIpc) is 3.44. The molecule has 0 spiro atoms. The highest BCUT2D eigenvalue weighted by atomic mass is 16.1. The third kappa shape index (κ3) is 3.84. The van der Waals surface area contributed by atoms with E-state index in [1.165, 1.54) is 0 Å². The zero-order valence-electron chi connectivity index (χ0n) is 17.5. The van der Waals surface area contributed by atoms with Crippen molar-refractivity contribution < 1.29 is 4.79 Å². The predicted octanol–water partition coefficient (Wildman–Crippen LogP) is 3.79. The highest BCUT2D eigenvalue weighted by Crippen LogP contribution is 2.36. The topological polar surface area (TPSA) is 90.5 Å². The number of aromatic nitrogens is 6. The van der Waals surface area contributed by atoms with Gasteiger partial charge in [0, 0.05) is 28.8 Å². The lowest BCUT2D eigenvalue weighted by atomic mass is 10.1. The molecule has 1 aliphatic carbocycles. The maximum absolute atomic E-state index is 13.1. The lowest BCUT2D eigenvalue weighted by Crippen LogP contribution is -2.14. The number of carbonyl (C=O) groups is 1. The highest BCUT2D eigenvalue weighted by molar-refractivity contribution is 6.05. The number of amides is 1. The summed E-state index contributed by atoms with van der Waals surface area (Å²) in [4.78, 5) is 17.4. The van der Waals surface area contributed by atoms with Gasteiger partial charge in [-0.3, -0.25) is 9.78 Å². The van der Waals surface area contributed by atoms with Gasteiger partial charge in [0.2, 0.25) is 0 Å². The second-order valence-electron chi connectivity index (χ2n) is 7.91. The molecule has 156 valence electrons. The van der Waals surface area contributed by atoms with Crippen molar-refractivity contribution in [3.05, 3.63) is 77.4 Å². The van der Waals surface area contributed by atoms with Crippen molar-refractivity contribution in [1.29, 1.82) is 0 Å². The Labute approximate surface area is 179 Å². The van der Waals surface area contributed by atoms with Gasteiger partial charge in [0.1, 0.15) is 0 Å². The SMILES string of the molecule is Cc1cc(C(=O)Nc2cccc(-c3nnnn3C3CC3)c2)c(C)n1Cc1ccccn1. The van der Waals surface area contributed by atoms with Crippen molar-refractivity contribution in [3.63, 3.8) is 0 Å². The molecule has 0 aliphatic heterocycles. The van der Waals surface area contributed by atoms with Crippen LogP contribution in [0.25, 0.3) is 11.4 Å². The lowest BCUT2D eigenvalue weighted by molar-refractivity contribution is 0.102. The Balaban J connectivity index is 1.37. The van der Waals surface area contributed by atoms with E-state index in [1.807, 2.05) is 67.1 Å². The second-order valence-corrected chi connectivity index (χ2v) is 7.91. The van der Waals surface area contributed by atoms with Crippen molar-refractivity contribution in [2.45, 2.75) is 39.3 Å². The molecule has 0 bridgehead atoms. The Kier molecular flexibility index (Phi) is 4.82. The minimum absolute atomic E-state index is 0.140. The molecule has 1 saturated carbocycles. The van der Waals surface area contributed by atoms with Crippen LogP contribution in [-0.2, 0) is 6.54 Å². The quantitative estimate of drug-likeness (QED) is 0.519. The van der Waals surface area contributed by atoms with Crippen LogP contribution in [0.15, 0.2) is 54.7 Å². The predicted molar refractivity (Wildman–Crippen MR) is 117 cm³/mol. The van der Waals surface area contributed by atoms with Gasteiger partial charge in [-0.15, -0.1) is 5.10 Å². The smallest absolute Gasteiger partial charge is 0.257 e. The Bertz CT molecular complexity index is 1240. The first kappa shape index (κ1) is 19.2. The number of tetrazole rings is 1. The van der Waals surface area contributed by atoms with Crippen molar-refractivity contribution in [3.8, 4) is 11.4 Å². The normalized spacial score (nSPS) is 13.4. The molecule has 4 aromatic rings. The molecule has 1 amide bonds. The minimum atomic E-state index is -0.140. The largest absolute Gasteiger partial charge is 0.342 e. The molecule has 0 atom stereocenters. The maximum Gasteiger partial charge on any atom is 0.257 e. The second kappa shape index (κ2) is 7.79. The fourth-order valence-electron chi connectivity index (χ4n) is 3.81. The van der Waals surface area contributed by atoms with Crippen molar-refractivity contribution in [2.75, 3.05) is 5.32 Å². The van der Waals surface area contributed by atoms with Gasteiger partial charge in [0.15, 0.2) is 5.82 Å². The van der Waals surface area contributed by atoms with Crippen molar-refractivity contribution in [1.82, 2.24) is 29.8 Å². The number of pyridine rings is 1. The summed E-state index contributed by atoms with van der Waals surface area (Å²) in [7, 11) is 0. The number of hydrogen-bond acceptors (Lipinski definition) is 5. The highest BCUT2D eigenvalue weighted by Gasteiger charge is 2.28. The number of nitrogens with one attached hydrogen (secondary N) is 1. The van der Waals surface area contributed by atoms with Crippen LogP contribution in [0, 0.1) is 13.8 Å². The monoisotopic (exact) mass is 413 g/mol. The van der Waals surface area contributed by atoms with Crippen LogP contribution in [0.2, 0.25) is 0 Å². The molecule has 0 radical (unpaired) electrons. The molecule has 1 aromatic carbocycles. The van der Waals surface area contributed by atoms with E-state index in [-0.39, 0.29) is 5.91 Å². The fourth-order valence-corrected chi connectivity index (χ4v) is 3.81. The summed E-state index contributed by atoms with van der Waals surface area (Å²) in [5, 5.41) is 15.1. The molecule has 3 aromatic heterocycles. The molecular formula is C23H23N7O. The first-order chi connectivity index (χ1) is 15.1. The van der Waals surface area contributed by atoms with Crippen LogP contribution in [0.3, 0.4) is 0 Å². The minimum Gasteiger partial charge on any atom is -0.342 e. The van der Waals surface area contributed by atoms with E-state index in [0.29, 0.717) is 23.8 Å². The summed E-state index contributed by atoms with van der Waals surface area (Å²) in [6.45, 7) is 4.60. The molecule has 0 saturated heterocycles. The summed E-state index contributed by atoms with van der Waals surface area (Å²) in [5.74, 6) is 0.589. The van der Waals surface area contributed by atoms with Crippen LogP contribution in [-0.4, -0.2) is 35.7 Å². The van der Waals surface area contributed by atoms with Crippen molar-refractivity contribution in [2.24, 2.45) is 0 Å². The van der Waals surface area contributed by atoms with Crippen LogP contribution < -0.4 is 5.32 Å². The first-order valence-electron chi connectivity index (χ1n) is 10.4. The summed E-state index contributed by atoms with van der Waals surface area (Å²) < 4.78 is 3.98. The van der Waals surface area contributed by atoms with E-state index in [1.54, 1.807) is 6.20 Å². The van der Waals surface area contributed by atoms with Crippen molar-refractivity contribution >= 4 is 11.6 Å². The van der Waals surface area contributed by atoms with E-state index >= 15 is 0 Å². The molecule has 0 unspecified atom stereocenters. The zero-order chi connectivity index (χ0) is 21.4. The number of hydrogen-bond donors (Lipinski definition) is 1. The number of benzene rings is 1. The molecule has 5 rings (SSSR count). The third-order valence-corrected chi connectivity index (χ3v) is 5.63. The summed E-state index contributed by atoms with van der Waals surface area (Å²) in [6, 6.07) is 15.8. The maximum atomic E-state index is 13.1. The van der Waals surface area contributed by atoms with Gasteiger partial charge in [-0.1, -0.05) is 18.2 Å². The van der Waals surface area contributed by atoms with E-state index < -0.39 is 0 Å². The molecule has 8 nitrogen and oxygen atoms in total. The Hall–Kier alpha value is -3.81. The van der Waals surface area contributed by atoms with E-state index in [0.717, 1.165) is 41.3 Å². The van der Waals surface area contributed by atoms with E-state index in [4.69, 9.17) is 0 Å². The first-order valence-corrected chi connectivity index (χ1v) is 10.4. The number of anilines is 1. The molecule has 1 N–H and O–H groups in total. The van der Waals surface area contributed by atoms with Gasteiger partial charge < -0.3 is 9.88 Å². The zero-order valence-corrected chi connectivity index (χ0v) is 17.5.